The second-order valence-electron chi connectivity index (χ2n) is 11.9. The molecule has 2 saturated heterocycles. The summed E-state index contributed by atoms with van der Waals surface area (Å²) in [6.07, 6.45) is -13.7. The Hall–Kier alpha value is -4.14. The Morgan fingerprint density at radius 3 is 1.82 bits per heavy atom. The molecule has 1 aromatic rings. The second kappa shape index (κ2) is 21.2. The van der Waals surface area contributed by atoms with Crippen molar-refractivity contribution in [2.24, 2.45) is 5.11 Å². The molecular formula is C32H39Cl3N4O16. The van der Waals surface area contributed by atoms with Crippen LogP contribution < -0.4 is 5.32 Å². The van der Waals surface area contributed by atoms with Gasteiger partial charge in [-0.05, 0) is 11.1 Å². The highest BCUT2D eigenvalue weighted by Gasteiger charge is 2.56. The predicted molar refractivity (Wildman–Crippen MR) is 185 cm³/mol. The molecule has 0 aliphatic carbocycles. The van der Waals surface area contributed by atoms with Crippen LogP contribution in [0.3, 0.4) is 0 Å². The number of alkyl carbamates (subject to hydrolysis) is 1. The van der Waals surface area contributed by atoms with E-state index in [1.165, 1.54) is 0 Å². The van der Waals surface area contributed by atoms with Crippen LogP contribution in [-0.4, -0.2) is 121 Å². The van der Waals surface area contributed by atoms with Gasteiger partial charge in [0.15, 0.2) is 18.5 Å². The number of benzene rings is 1. The molecule has 1 amide bonds. The average molecular weight is 842 g/mol. The lowest BCUT2D eigenvalue weighted by atomic mass is 9.94. The van der Waals surface area contributed by atoms with E-state index in [9.17, 15) is 34.3 Å². The van der Waals surface area contributed by atoms with Gasteiger partial charge in [-0.15, -0.1) is 0 Å². The molecule has 0 bridgehead atoms. The zero-order valence-electron chi connectivity index (χ0n) is 30.0. The van der Waals surface area contributed by atoms with Gasteiger partial charge in [0.2, 0.25) is 10.1 Å². The van der Waals surface area contributed by atoms with Gasteiger partial charge in [-0.1, -0.05) is 70.2 Å². The van der Waals surface area contributed by atoms with E-state index in [2.05, 4.69) is 15.3 Å². The third-order valence-electron chi connectivity index (χ3n) is 7.46. The highest BCUT2D eigenvalue weighted by molar-refractivity contribution is 6.67. The summed E-state index contributed by atoms with van der Waals surface area (Å²) in [5, 5.41) is 6.17. The molecule has 0 spiro atoms. The van der Waals surface area contributed by atoms with Crippen LogP contribution in [0.5, 0.6) is 0 Å². The molecule has 1 N–H and O–H groups in total. The molecule has 2 aliphatic rings. The molecule has 23 heteroatoms. The van der Waals surface area contributed by atoms with Crippen molar-refractivity contribution in [2.45, 2.75) is 106 Å². The van der Waals surface area contributed by atoms with Crippen molar-refractivity contribution in [3.05, 3.63) is 46.3 Å². The third-order valence-corrected chi connectivity index (χ3v) is 7.79. The molecule has 3 rings (SSSR count). The average Bonchev–Trinajstić information content (AvgIpc) is 3.08. The van der Waals surface area contributed by atoms with E-state index in [1.54, 1.807) is 30.3 Å². The number of nitrogens with one attached hydrogen (secondary N) is 1. The number of hydrogen-bond donors (Lipinski definition) is 1. The summed E-state index contributed by atoms with van der Waals surface area (Å²) in [5.41, 5.74) is 10.3. The first-order valence-corrected chi connectivity index (χ1v) is 17.5. The standard InChI is InChI=1S/C32H39Cl3N4O16/c1-15(40)46-12-21-25(48-11-20-9-7-6-8-10-20)28(24(38-39-36)30(53-21)52-19(5)44)55-29-23(37-31(45)49-14-32(33,34)35)27(51-18(4)43)26(50-17(3)42)22(54-29)13-47-16(2)41/h6-10,21-30H,11-14H2,1-5H3,(H,37,45)/t21-,22-,23-,24-,25-,26-,27-,28-,29+,30?/m1/s1. The smallest absolute Gasteiger partial charge is 0.407 e. The second-order valence-corrected chi connectivity index (χ2v) is 14.4. The van der Waals surface area contributed by atoms with Gasteiger partial charge in [-0.25, -0.2) is 4.79 Å². The van der Waals surface area contributed by atoms with Crippen molar-refractivity contribution >= 4 is 70.7 Å². The number of nitrogens with zero attached hydrogens (tertiary/aromatic N) is 3. The molecular weight excluding hydrogens is 803 g/mol. The fraction of sp³-hybridized carbons (Fsp3) is 0.625. The first kappa shape index (κ1) is 45.3. The maximum Gasteiger partial charge on any atom is 0.407 e. The lowest BCUT2D eigenvalue weighted by molar-refractivity contribution is -0.328. The van der Waals surface area contributed by atoms with Gasteiger partial charge < -0.3 is 52.7 Å². The zero-order chi connectivity index (χ0) is 40.9. The van der Waals surface area contributed by atoms with Crippen molar-refractivity contribution in [3.63, 3.8) is 0 Å². The maximum atomic E-state index is 13.2. The highest BCUT2D eigenvalue weighted by atomic mass is 35.6. The Labute approximate surface area is 329 Å². The summed E-state index contributed by atoms with van der Waals surface area (Å²) in [7, 11) is 0. The minimum atomic E-state index is -2.06. The van der Waals surface area contributed by atoms with Crippen molar-refractivity contribution in [1.29, 1.82) is 0 Å². The van der Waals surface area contributed by atoms with Crippen LogP contribution in [0.25, 0.3) is 10.4 Å². The van der Waals surface area contributed by atoms with Gasteiger partial charge in [0.25, 0.3) is 0 Å². The first-order chi connectivity index (χ1) is 25.9. The topological polar surface area (TPSA) is 256 Å². The normalized spacial score (nSPS) is 27.6. The summed E-state index contributed by atoms with van der Waals surface area (Å²) < 4.78 is 54.6. The van der Waals surface area contributed by atoms with E-state index >= 15 is 0 Å². The van der Waals surface area contributed by atoms with Gasteiger partial charge in [0.05, 0.1) is 6.61 Å². The van der Waals surface area contributed by atoms with Crippen LogP contribution in [0.1, 0.15) is 40.2 Å². The van der Waals surface area contributed by atoms with E-state index in [0.717, 1.165) is 34.6 Å². The van der Waals surface area contributed by atoms with Crippen molar-refractivity contribution < 1.29 is 76.1 Å². The summed E-state index contributed by atoms with van der Waals surface area (Å²) in [5.74, 6) is -4.19. The first-order valence-electron chi connectivity index (χ1n) is 16.3. The van der Waals surface area contributed by atoms with Gasteiger partial charge >= 0.3 is 35.9 Å². The van der Waals surface area contributed by atoms with Crippen LogP contribution >= 0.6 is 34.8 Å². The summed E-state index contributed by atoms with van der Waals surface area (Å²) in [6.45, 7) is 3.34. The molecule has 1 aromatic carbocycles. The minimum Gasteiger partial charge on any atom is -0.463 e. The highest BCUT2D eigenvalue weighted by Crippen LogP contribution is 2.35. The summed E-state index contributed by atoms with van der Waals surface area (Å²) in [4.78, 5) is 76.9. The fourth-order valence-corrected chi connectivity index (χ4v) is 5.61. The molecule has 2 aliphatic heterocycles. The number of rotatable bonds is 15. The number of hydrogen-bond acceptors (Lipinski definition) is 17. The molecule has 304 valence electrons. The van der Waals surface area contributed by atoms with Gasteiger partial charge in [0.1, 0.15) is 56.3 Å². The number of ether oxygens (including phenoxy) is 10. The van der Waals surface area contributed by atoms with Gasteiger partial charge in [-0.3, -0.25) is 24.0 Å². The molecule has 55 heavy (non-hydrogen) atoms. The van der Waals surface area contributed by atoms with Crippen molar-refractivity contribution in [1.82, 2.24) is 5.32 Å². The van der Waals surface area contributed by atoms with Gasteiger partial charge in [-0.2, -0.15) is 0 Å². The number of halogens is 3. The van der Waals surface area contributed by atoms with E-state index in [0.29, 0.717) is 5.56 Å². The van der Waals surface area contributed by atoms with Crippen molar-refractivity contribution in [2.75, 3.05) is 19.8 Å². The number of alkyl halides is 3. The molecule has 0 aromatic heterocycles. The van der Waals surface area contributed by atoms with Crippen LogP contribution in [0.4, 0.5) is 4.79 Å². The third kappa shape index (κ3) is 14.8. The van der Waals surface area contributed by atoms with Crippen LogP contribution in [0.2, 0.25) is 0 Å². The van der Waals surface area contributed by atoms with E-state index in [1.807, 2.05) is 0 Å². The molecule has 0 radical (unpaired) electrons. The number of amides is 1. The number of carbonyl (C=O) groups is 6. The number of carbonyl (C=O) groups excluding carboxylic acids is 6. The van der Waals surface area contributed by atoms with E-state index < -0.39 is 121 Å². The van der Waals surface area contributed by atoms with E-state index in [-0.39, 0.29) is 6.61 Å². The Morgan fingerprint density at radius 1 is 0.745 bits per heavy atom. The van der Waals surface area contributed by atoms with Crippen LogP contribution in [0, 0.1) is 0 Å². The van der Waals surface area contributed by atoms with Gasteiger partial charge in [0, 0.05) is 39.5 Å². The maximum absolute atomic E-state index is 13.2. The van der Waals surface area contributed by atoms with Crippen molar-refractivity contribution in [3.8, 4) is 0 Å². The van der Waals surface area contributed by atoms with Crippen LogP contribution in [-0.2, 0) is 77.9 Å². The van der Waals surface area contributed by atoms with E-state index in [4.69, 9.17) is 82.2 Å². The molecule has 2 heterocycles. The Kier molecular flexibility index (Phi) is 17.5. The lowest BCUT2D eigenvalue weighted by Gasteiger charge is -2.49. The fourth-order valence-electron chi connectivity index (χ4n) is 5.44. The number of azide groups is 1. The molecule has 2 fully saturated rings. The molecule has 20 nitrogen and oxygen atoms in total. The largest absolute Gasteiger partial charge is 0.463 e. The monoisotopic (exact) mass is 840 g/mol. The molecule has 10 atom stereocenters. The van der Waals surface area contributed by atoms with Crippen LogP contribution in [0.15, 0.2) is 35.4 Å². The quantitative estimate of drug-likeness (QED) is 0.0665. The Balaban J connectivity index is 2.22. The molecule has 1 unspecified atom stereocenters. The Bertz CT molecular complexity index is 1560. The zero-order valence-corrected chi connectivity index (χ0v) is 32.3. The lowest BCUT2D eigenvalue weighted by Crippen LogP contribution is -2.69. The minimum absolute atomic E-state index is 0.122. The number of esters is 5. The predicted octanol–water partition coefficient (Wildman–Crippen LogP) is 3.10. The molecule has 0 saturated carbocycles. The summed E-state index contributed by atoms with van der Waals surface area (Å²) in [6, 6.07) is 5.45. The SMILES string of the molecule is CC(=O)OC[C@H]1O[C@@H](O[C@H]2[C@H](OCc3ccccc3)[C@@H](COC(C)=O)OC(OC(C)=O)[C@@H]2N=[N+]=[N-])[C@H](NC(=O)OCC(Cl)(Cl)Cl)[C@@H](OC(C)=O)[C@@H]1OC(C)=O. The Morgan fingerprint density at radius 2 is 1.29 bits per heavy atom. The summed E-state index contributed by atoms with van der Waals surface area (Å²) >= 11 is 17.3.